The monoisotopic (exact) mass is 228 g/mol. The Labute approximate surface area is 98.1 Å². The van der Waals surface area contributed by atoms with Crippen molar-refractivity contribution in [2.75, 3.05) is 19.6 Å². The summed E-state index contributed by atoms with van der Waals surface area (Å²) in [6.45, 7) is 12.0. The number of nitrogens with two attached hydrogens (primary N) is 1. The van der Waals surface area contributed by atoms with Crippen molar-refractivity contribution >= 4 is 6.09 Å². The topological polar surface area (TPSA) is 55.6 Å². The van der Waals surface area contributed by atoms with E-state index in [9.17, 15) is 4.79 Å². The number of ether oxygens (including phenoxy) is 1. The molecular formula is C12H24N2O2. The van der Waals surface area contributed by atoms with E-state index in [1.165, 1.54) is 0 Å². The van der Waals surface area contributed by atoms with Crippen molar-refractivity contribution < 1.29 is 9.53 Å². The van der Waals surface area contributed by atoms with Gasteiger partial charge in [0.05, 0.1) is 0 Å². The number of nitrogens with zero attached hydrogens (tertiary/aromatic N) is 1. The van der Waals surface area contributed by atoms with E-state index >= 15 is 0 Å². The van der Waals surface area contributed by atoms with E-state index in [1.54, 1.807) is 4.90 Å². The first-order chi connectivity index (χ1) is 7.15. The first kappa shape index (κ1) is 13.3. The molecule has 1 aliphatic heterocycles. The van der Waals surface area contributed by atoms with Gasteiger partial charge in [-0.05, 0) is 38.6 Å². The van der Waals surface area contributed by atoms with E-state index < -0.39 is 5.60 Å². The Bertz CT molecular complexity index is 269. The van der Waals surface area contributed by atoms with Gasteiger partial charge in [0.1, 0.15) is 5.60 Å². The number of hydrogen-bond acceptors (Lipinski definition) is 3. The third kappa shape index (κ3) is 3.11. The molecule has 0 radical (unpaired) electrons. The molecule has 1 amide bonds. The van der Waals surface area contributed by atoms with Crippen LogP contribution in [0.25, 0.3) is 0 Å². The molecular weight excluding hydrogens is 204 g/mol. The van der Waals surface area contributed by atoms with Crippen molar-refractivity contribution in [1.82, 2.24) is 4.90 Å². The van der Waals surface area contributed by atoms with Crippen LogP contribution in [0.2, 0.25) is 0 Å². The molecule has 0 aromatic heterocycles. The maximum Gasteiger partial charge on any atom is 0.410 e. The van der Waals surface area contributed by atoms with Crippen molar-refractivity contribution in [3.05, 3.63) is 0 Å². The fraction of sp³-hybridized carbons (Fsp3) is 0.917. The number of likely N-dealkylation sites (tertiary alicyclic amines) is 1. The molecule has 1 unspecified atom stereocenters. The van der Waals surface area contributed by atoms with E-state index in [1.807, 2.05) is 20.8 Å². The van der Waals surface area contributed by atoms with E-state index in [0.29, 0.717) is 19.0 Å². The minimum absolute atomic E-state index is 0.0889. The molecule has 16 heavy (non-hydrogen) atoms. The summed E-state index contributed by atoms with van der Waals surface area (Å²) >= 11 is 0. The first-order valence-electron chi connectivity index (χ1n) is 5.84. The zero-order valence-electron chi connectivity index (χ0n) is 11.0. The molecule has 0 bridgehead atoms. The Morgan fingerprint density at radius 3 is 2.44 bits per heavy atom. The van der Waals surface area contributed by atoms with Crippen LogP contribution in [0.3, 0.4) is 0 Å². The molecule has 4 nitrogen and oxygen atoms in total. The van der Waals surface area contributed by atoms with Crippen molar-refractivity contribution in [3.8, 4) is 0 Å². The number of carbonyl (C=O) groups excluding carboxylic acids is 1. The molecule has 0 saturated carbocycles. The lowest BCUT2D eigenvalue weighted by Gasteiger charge is -2.25. The summed E-state index contributed by atoms with van der Waals surface area (Å²) in [5, 5.41) is 0. The molecule has 1 rings (SSSR count). The Hall–Kier alpha value is -0.770. The van der Waals surface area contributed by atoms with Crippen LogP contribution in [0.5, 0.6) is 0 Å². The largest absolute Gasteiger partial charge is 0.444 e. The highest BCUT2D eigenvalue weighted by atomic mass is 16.6. The van der Waals surface area contributed by atoms with Crippen molar-refractivity contribution in [3.63, 3.8) is 0 Å². The molecule has 1 fully saturated rings. The van der Waals surface area contributed by atoms with Gasteiger partial charge in [0, 0.05) is 13.1 Å². The summed E-state index contributed by atoms with van der Waals surface area (Å²) < 4.78 is 5.35. The standard InChI is InChI=1S/C12H24N2O2/c1-11(2,3)16-10(15)14-7-9(6-13)12(4,5)8-14/h9H,6-8,13H2,1-5H3. The highest BCUT2D eigenvalue weighted by Crippen LogP contribution is 2.34. The van der Waals surface area contributed by atoms with Gasteiger partial charge in [-0.15, -0.1) is 0 Å². The van der Waals surface area contributed by atoms with Gasteiger partial charge in [-0.1, -0.05) is 13.8 Å². The quantitative estimate of drug-likeness (QED) is 0.745. The molecule has 4 heteroatoms. The number of carbonyl (C=O) groups is 1. The van der Waals surface area contributed by atoms with E-state index in [2.05, 4.69) is 13.8 Å². The summed E-state index contributed by atoms with van der Waals surface area (Å²) in [6.07, 6.45) is -0.225. The summed E-state index contributed by atoms with van der Waals surface area (Å²) in [4.78, 5) is 13.6. The summed E-state index contributed by atoms with van der Waals surface area (Å²) in [5.41, 5.74) is 5.38. The maximum absolute atomic E-state index is 11.9. The smallest absolute Gasteiger partial charge is 0.410 e. The number of hydrogen-bond donors (Lipinski definition) is 1. The highest BCUT2D eigenvalue weighted by Gasteiger charge is 2.41. The summed E-state index contributed by atoms with van der Waals surface area (Å²) in [6, 6.07) is 0. The molecule has 2 N–H and O–H groups in total. The Balaban J connectivity index is 2.62. The molecule has 0 aliphatic carbocycles. The molecule has 0 spiro atoms. The van der Waals surface area contributed by atoms with Crippen LogP contribution < -0.4 is 5.73 Å². The predicted molar refractivity (Wildman–Crippen MR) is 64.1 cm³/mol. The first-order valence-corrected chi connectivity index (χ1v) is 5.84. The van der Waals surface area contributed by atoms with Crippen LogP contribution in [0.4, 0.5) is 4.79 Å². The van der Waals surface area contributed by atoms with Gasteiger partial charge in [0.15, 0.2) is 0 Å². The van der Waals surface area contributed by atoms with E-state index in [4.69, 9.17) is 10.5 Å². The van der Waals surface area contributed by atoms with Crippen molar-refractivity contribution in [2.24, 2.45) is 17.1 Å². The number of rotatable bonds is 1. The minimum atomic E-state index is -0.429. The fourth-order valence-corrected chi connectivity index (χ4v) is 2.06. The molecule has 1 heterocycles. The zero-order chi connectivity index (χ0) is 12.6. The molecule has 1 atom stereocenters. The molecule has 1 saturated heterocycles. The average Bonchev–Trinajstić information content (AvgIpc) is 2.37. The van der Waals surface area contributed by atoms with Gasteiger partial charge in [-0.3, -0.25) is 0 Å². The third-order valence-electron chi connectivity index (χ3n) is 3.08. The van der Waals surface area contributed by atoms with Gasteiger partial charge in [0.2, 0.25) is 0 Å². The SMILES string of the molecule is CC(C)(C)OC(=O)N1CC(CN)C(C)(C)C1. The van der Waals surface area contributed by atoms with Crippen LogP contribution in [-0.2, 0) is 4.74 Å². The lowest BCUT2D eigenvalue weighted by atomic mass is 9.82. The van der Waals surface area contributed by atoms with E-state index in [0.717, 1.165) is 6.54 Å². The minimum Gasteiger partial charge on any atom is -0.444 e. The lowest BCUT2D eigenvalue weighted by Crippen LogP contribution is -2.36. The summed E-state index contributed by atoms with van der Waals surface area (Å²) in [5.74, 6) is 0.361. The Morgan fingerprint density at radius 1 is 1.50 bits per heavy atom. The second kappa shape index (κ2) is 4.24. The predicted octanol–water partition coefficient (Wildman–Crippen LogP) is 1.84. The zero-order valence-corrected chi connectivity index (χ0v) is 11.0. The molecule has 1 aliphatic rings. The lowest BCUT2D eigenvalue weighted by molar-refractivity contribution is 0.0277. The van der Waals surface area contributed by atoms with Gasteiger partial charge >= 0.3 is 6.09 Å². The van der Waals surface area contributed by atoms with Crippen LogP contribution in [0.15, 0.2) is 0 Å². The highest BCUT2D eigenvalue weighted by molar-refractivity contribution is 5.68. The maximum atomic E-state index is 11.9. The summed E-state index contributed by atoms with van der Waals surface area (Å²) in [7, 11) is 0. The fourth-order valence-electron chi connectivity index (χ4n) is 2.06. The van der Waals surface area contributed by atoms with Crippen LogP contribution >= 0.6 is 0 Å². The van der Waals surface area contributed by atoms with Crippen molar-refractivity contribution in [2.45, 2.75) is 40.2 Å². The molecule has 94 valence electrons. The average molecular weight is 228 g/mol. The van der Waals surface area contributed by atoms with Gasteiger partial charge in [0.25, 0.3) is 0 Å². The van der Waals surface area contributed by atoms with Gasteiger partial charge in [-0.2, -0.15) is 0 Å². The second-order valence-corrected chi connectivity index (χ2v) is 6.28. The van der Waals surface area contributed by atoms with Crippen LogP contribution in [0.1, 0.15) is 34.6 Å². The number of amides is 1. The van der Waals surface area contributed by atoms with Gasteiger partial charge in [-0.25, -0.2) is 4.79 Å². The van der Waals surface area contributed by atoms with Crippen LogP contribution in [0, 0.1) is 11.3 Å². The second-order valence-electron chi connectivity index (χ2n) is 6.28. The molecule has 0 aromatic carbocycles. The van der Waals surface area contributed by atoms with Crippen LogP contribution in [-0.4, -0.2) is 36.2 Å². The Kier molecular flexibility index (Phi) is 3.53. The van der Waals surface area contributed by atoms with E-state index in [-0.39, 0.29) is 11.5 Å². The normalized spacial score (nSPS) is 24.6. The Morgan fingerprint density at radius 2 is 2.06 bits per heavy atom. The van der Waals surface area contributed by atoms with Gasteiger partial charge < -0.3 is 15.4 Å². The third-order valence-corrected chi connectivity index (χ3v) is 3.08. The molecule has 0 aromatic rings. The van der Waals surface area contributed by atoms with Crippen molar-refractivity contribution in [1.29, 1.82) is 0 Å².